The van der Waals surface area contributed by atoms with Crippen molar-refractivity contribution in [2.75, 3.05) is 10.8 Å². The predicted octanol–water partition coefficient (Wildman–Crippen LogP) is 3.82. The Morgan fingerprint density at radius 2 is 2.00 bits per heavy atom. The van der Waals surface area contributed by atoms with E-state index in [9.17, 15) is 8.42 Å². The number of benzene rings is 1. The van der Waals surface area contributed by atoms with Gasteiger partial charge >= 0.3 is 0 Å². The summed E-state index contributed by atoms with van der Waals surface area (Å²) in [7, 11) is -3.71. The van der Waals surface area contributed by atoms with Crippen LogP contribution in [-0.4, -0.2) is 15.0 Å². The fourth-order valence-electron chi connectivity index (χ4n) is 1.80. The van der Waals surface area contributed by atoms with Crippen molar-refractivity contribution in [1.82, 2.24) is 0 Å². The molecule has 4 nitrogen and oxygen atoms in total. The third-order valence-corrected chi connectivity index (χ3v) is 6.68. The molecule has 0 aliphatic rings. The lowest BCUT2D eigenvalue weighted by molar-refractivity contribution is 0.593. The largest absolute Gasteiger partial charge is 0.273 e. The third kappa shape index (κ3) is 3.38. The molecular weight excluding hydrogens is 328 g/mol. The highest BCUT2D eigenvalue weighted by Crippen LogP contribution is 2.33. The number of halogens is 1. The molecule has 0 N–H and O–H groups in total. The molecule has 1 aromatic heterocycles. The lowest BCUT2D eigenvalue weighted by Crippen LogP contribution is -2.31. The third-order valence-electron chi connectivity index (χ3n) is 2.85. The van der Waals surface area contributed by atoms with Crippen LogP contribution in [0.1, 0.15) is 12.0 Å². The van der Waals surface area contributed by atoms with Crippen molar-refractivity contribution >= 4 is 38.6 Å². The minimum absolute atomic E-state index is 0.109. The minimum Gasteiger partial charge on any atom is -0.265 e. The van der Waals surface area contributed by atoms with Crippen LogP contribution >= 0.6 is 22.9 Å². The van der Waals surface area contributed by atoms with E-state index in [0.29, 0.717) is 10.0 Å². The standard InChI is InChI=1S/C14H13ClN2O2S2/c1-11-10-13(20-14(11)15)21(18,19)17(9-5-8-16)12-6-3-2-4-7-12/h2-4,6-7,10H,5,9H2,1H3. The van der Waals surface area contributed by atoms with Gasteiger partial charge < -0.3 is 0 Å². The van der Waals surface area contributed by atoms with Crippen LogP contribution < -0.4 is 4.31 Å². The Hall–Kier alpha value is -1.55. The van der Waals surface area contributed by atoms with E-state index in [1.54, 1.807) is 37.3 Å². The number of anilines is 1. The number of nitriles is 1. The van der Waals surface area contributed by atoms with Gasteiger partial charge in [-0.15, -0.1) is 11.3 Å². The lowest BCUT2D eigenvalue weighted by atomic mass is 10.3. The highest BCUT2D eigenvalue weighted by atomic mass is 35.5. The summed E-state index contributed by atoms with van der Waals surface area (Å²) in [5.41, 5.74) is 1.27. The smallest absolute Gasteiger partial charge is 0.265 e. The first-order valence-electron chi connectivity index (χ1n) is 6.17. The second kappa shape index (κ2) is 6.48. The molecule has 0 saturated carbocycles. The van der Waals surface area contributed by atoms with Crippen molar-refractivity contribution in [3.8, 4) is 6.07 Å². The first-order chi connectivity index (χ1) is 9.96. The first-order valence-corrected chi connectivity index (χ1v) is 8.81. The van der Waals surface area contributed by atoms with Gasteiger partial charge in [0, 0.05) is 6.54 Å². The minimum atomic E-state index is -3.71. The van der Waals surface area contributed by atoms with Gasteiger partial charge in [-0.1, -0.05) is 29.8 Å². The fraction of sp³-hybridized carbons (Fsp3) is 0.214. The van der Waals surface area contributed by atoms with Crippen LogP contribution in [-0.2, 0) is 10.0 Å². The number of para-hydroxylation sites is 1. The molecule has 0 atom stereocenters. The second-order valence-corrected chi connectivity index (χ2v) is 8.09. The van der Waals surface area contributed by atoms with Crippen LogP contribution in [0.3, 0.4) is 0 Å². The zero-order valence-corrected chi connectivity index (χ0v) is 13.7. The SMILES string of the molecule is Cc1cc(S(=O)(=O)N(CCC#N)c2ccccc2)sc1Cl. The molecule has 7 heteroatoms. The summed E-state index contributed by atoms with van der Waals surface area (Å²) in [6, 6.07) is 12.3. The number of hydrogen-bond acceptors (Lipinski definition) is 4. The molecule has 0 unspecified atom stereocenters. The van der Waals surface area contributed by atoms with Crippen LogP contribution in [0.5, 0.6) is 0 Å². The molecule has 1 aromatic carbocycles. The van der Waals surface area contributed by atoms with Crippen molar-refractivity contribution in [3.63, 3.8) is 0 Å². The predicted molar refractivity (Wildman–Crippen MR) is 85.3 cm³/mol. The Morgan fingerprint density at radius 1 is 1.33 bits per heavy atom. The zero-order valence-electron chi connectivity index (χ0n) is 11.3. The average Bonchev–Trinajstić information content (AvgIpc) is 2.81. The Labute approximate surface area is 133 Å². The van der Waals surface area contributed by atoms with Crippen LogP contribution in [0.2, 0.25) is 4.34 Å². The highest BCUT2D eigenvalue weighted by molar-refractivity contribution is 7.94. The Morgan fingerprint density at radius 3 is 2.52 bits per heavy atom. The zero-order chi connectivity index (χ0) is 15.5. The monoisotopic (exact) mass is 340 g/mol. The van der Waals surface area contributed by atoms with E-state index in [1.807, 2.05) is 12.1 Å². The van der Waals surface area contributed by atoms with Crippen LogP contribution in [0.25, 0.3) is 0 Å². The number of nitrogens with zero attached hydrogens (tertiary/aromatic N) is 2. The van der Waals surface area contributed by atoms with Crippen LogP contribution in [0.4, 0.5) is 5.69 Å². The van der Waals surface area contributed by atoms with Crippen molar-refractivity contribution in [2.24, 2.45) is 0 Å². The van der Waals surface area contributed by atoms with Gasteiger partial charge in [-0.25, -0.2) is 8.42 Å². The van der Waals surface area contributed by atoms with Gasteiger partial charge in [0.05, 0.1) is 22.5 Å². The molecule has 0 radical (unpaired) electrons. The summed E-state index contributed by atoms with van der Waals surface area (Å²) >= 11 is 7.00. The summed E-state index contributed by atoms with van der Waals surface area (Å²) in [4.78, 5) is 0. The molecule has 0 aliphatic carbocycles. The maximum absolute atomic E-state index is 12.8. The Balaban J connectivity index is 2.47. The number of rotatable bonds is 5. The van der Waals surface area contributed by atoms with Crippen molar-refractivity contribution < 1.29 is 8.42 Å². The molecule has 0 fully saturated rings. The van der Waals surface area contributed by atoms with Gasteiger partial charge in [0.2, 0.25) is 0 Å². The molecule has 0 amide bonds. The molecule has 0 aliphatic heterocycles. The van der Waals surface area contributed by atoms with Gasteiger partial charge in [-0.05, 0) is 30.7 Å². The number of hydrogen-bond donors (Lipinski definition) is 0. The van der Waals surface area contributed by atoms with E-state index in [1.165, 1.54) is 4.31 Å². The topological polar surface area (TPSA) is 61.2 Å². The van der Waals surface area contributed by atoms with E-state index in [-0.39, 0.29) is 17.2 Å². The van der Waals surface area contributed by atoms with E-state index in [2.05, 4.69) is 0 Å². The first kappa shape index (κ1) is 15.8. The fourth-order valence-corrected chi connectivity index (χ4v) is 5.09. The van der Waals surface area contributed by atoms with Gasteiger partial charge in [0.15, 0.2) is 0 Å². The summed E-state index contributed by atoms with van der Waals surface area (Å²) in [6.07, 6.45) is 0.117. The molecule has 1 heterocycles. The summed E-state index contributed by atoms with van der Waals surface area (Å²) in [5.74, 6) is 0. The molecular formula is C14H13ClN2O2S2. The molecule has 0 bridgehead atoms. The van der Waals surface area contributed by atoms with Gasteiger partial charge in [-0.3, -0.25) is 4.31 Å². The van der Waals surface area contributed by atoms with Crippen LogP contribution in [0, 0.1) is 18.3 Å². The summed E-state index contributed by atoms with van der Waals surface area (Å²) in [6.45, 7) is 1.87. The van der Waals surface area contributed by atoms with Gasteiger partial charge in [0.1, 0.15) is 4.21 Å². The molecule has 2 rings (SSSR count). The summed E-state index contributed by atoms with van der Waals surface area (Å²) < 4.78 is 27.4. The van der Waals surface area contributed by atoms with Gasteiger partial charge in [0.25, 0.3) is 10.0 Å². The maximum atomic E-state index is 12.8. The van der Waals surface area contributed by atoms with E-state index in [0.717, 1.165) is 16.9 Å². The molecule has 2 aromatic rings. The summed E-state index contributed by atoms with van der Waals surface area (Å²) in [5, 5.41) is 8.76. The molecule has 21 heavy (non-hydrogen) atoms. The van der Waals surface area contributed by atoms with Crippen molar-refractivity contribution in [1.29, 1.82) is 5.26 Å². The average molecular weight is 341 g/mol. The maximum Gasteiger partial charge on any atom is 0.273 e. The van der Waals surface area contributed by atoms with E-state index < -0.39 is 10.0 Å². The Kier molecular flexibility index (Phi) is 4.88. The molecule has 0 saturated heterocycles. The van der Waals surface area contributed by atoms with Crippen LogP contribution in [0.15, 0.2) is 40.6 Å². The lowest BCUT2D eigenvalue weighted by Gasteiger charge is -2.22. The van der Waals surface area contributed by atoms with Crippen molar-refractivity contribution in [2.45, 2.75) is 17.6 Å². The highest BCUT2D eigenvalue weighted by Gasteiger charge is 2.27. The normalized spacial score (nSPS) is 11.1. The van der Waals surface area contributed by atoms with E-state index >= 15 is 0 Å². The van der Waals surface area contributed by atoms with E-state index in [4.69, 9.17) is 16.9 Å². The number of sulfonamides is 1. The number of thiophene rings is 1. The Bertz CT molecular complexity index is 745. The van der Waals surface area contributed by atoms with Crippen molar-refractivity contribution in [3.05, 3.63) is 46.3 Å². The second-order valence-electron chi connectivity index (χ2n) is 4.34. The molecule has 110 valence electrons. The molecule has 0 spiro atoms. The number of aryl methyl sites for hydroxylation is 1. The van der Waals surface area contributed by atoms with Gasteiger partial charge in [-0.2, -0.15) is 5.26 Å². The quantitative estimate of drug-likeness (QED) is 0.831.